The molecule has 0 radical (unpaired) electrons. The van der Waals surface area contributed by atoms with Crippen LogP contribution in [0.15, 0.2) is 24.3 Å². The third-order valence-electron chi connectivity index (χ3n) is 4.61. The summed E-state index contributed by atoms with van der Waals surface area (Å²) in [5, 5.41) is 2.91. The zero-order valence-corrected chi connectivity index (χ0v) is 14.9. The average molecular weight is 360 g/mol. The van der Waals surface area contributed by atoms with E-state index in [-0.39, 0.29) is 11.9 Å². The molecule has 7 heteroatoms. The molecule has 1 atom stereocenters. The molecule has 0 aliphatic carbocycles. The van der Waals surface area contributed by atoms with Gasteiger partial charge in [-0.1, -0.05) is 6.92 Å². The second-order valence-electron chi connectivity index (χ2n) is 6.50. The molecule has 0 saturated carbocycles. The van der Waals surface area contributed by atoms with Crippen molar-refractivity contribution in [2.75, 3.05) is 11.9 Å². The molecule has 1 aromatic carbocycles. The van der Waals surface area contributed by atoms with E-state index in [1.165, 1.54) is 6.07 Å². The van der Waals surface area contributed by atoms with Crippen LogP contribution >= 0.6 is 0 Å². The van der Waals surface area contributed by atoms with E-state index in [0.29, 0.717) is 23.0 Å². The van der Waals surface area contributed by atoms with Crippen LogP contribution in [-0.4, -0.2) is 33.4 Å². The molecule has 3 rings (SSSR count). The van der Waals surface area contributed by atoms with Gasteiger partial charge in [0.2, 0.25) is 0 Å². The zero-order chi connectivity index (χ0) is 18.7. The third-order valence-corrected chi connectivity index (χ3v) is 4.61. The maximum Gasteiger partial charge on any atom is 0.272 e. The first-order valence-corrected chi connectivity index (χ1v) is 8.86. The van der Waals surface area contributed by atoms with E-state index in [9.17, 15) is 13.6 Å². The quantitative estimate of drug-likeness (QED) is 0.887. The number of likely N-dealkylation sites (tertiary alicyclic amines) is 1. The lowest BCUT2D eigenvalue weighted by Crippen LogP contribution is -2.43. The molecule has 5 nitrogen and oxygen atoms in total. The van der Waals surface area contributed by atoms with Gasteiger partial charge in [0.15, 0.2) is 11.6 Å². The number of carbonyl (C=O) groups is 1. The van der Waals surface area contributed by atoms with Gasteiger partial charge in [0.1, 0.15) is 17.3 Å². The lowest BCUT2D eigenvalue weighted by molar-refractivity contribution is 0.0601. The Morgan fingerprint density at radius 3 is 2.77 bits per heavy atom. The van der Waals surface area contributed by atoms with E-state index in [1.54, 1.807) is 13.0 Å². The van der Waals surface area contributed by atoms with E-state index in [1.807, 2.05) is 4.90 Å². The first-order chi connectivity index (χ1) is 12.5. The molecule has 1 aliphatic heterocycles. The third kappa shape index (κ3) is 3.98. The van der Waals surface area contributed by atoms with Crippen molar-refractivity contribution in [3.63, 3.8) is 0 Å². The van der Waals surface area contributed by atoms with Crippen molar-refractivity contribution >= 4 is 17.4 Å². The fourth-order valence-corrected chi connectivity index (χ4v) is 3.30. The van der Waals surface area contributed by atoms with Crippen molar-refractivity contribution in [1.82, 2.24) is 14.9 Å². The molecule has 2 aromatic rings. The number of aromatic nitrogens is 2. The van der Waals surface area contributed by atoms with E-state index >= 15 is 0 Å². The average Bonchev–Trinajstić information content (AvgIpc) is 2.63. The number of amides is 1. The van der Waals surface area contributed by atoms with Crippen molar-refractivity contribution in [2.24, 2.45) is 0 Å². The minimum atomic E-state index is -0.948. The minimum absolute atomic E-state index is 0.115. The highest BCUT2D eigenvalue weighted by Crippen LogP contribution is 2.23. The summed E-state index contributed by atoms with van der Waals surface area (Å²) in [6.45, 7) is 4.50. The number of aryl methyl sites for hydroxylation is 1. The van der Waals surface area contributed by atoms with Gasteiger partial charge in [-0.25, -0.2) is 18.7 Å². The van der Waals surface area contributed by atoms with Crippen LogP contribution in [0.1, 0.15) is 48.9 Å². The highest BCUT2D eigenvalue weighted by molar-refractivity contribution is 5.93. The van der Waals surface area contributed by atoms with Gasteiger partial charge in [0.25, 0.3) is 5.91 Å². The Morgan fingerprint density at radius 2 is 2.04 bits per heavy atom. The van der Waals surface area contributed by atoms with Crippen LogP contribution in [0.2, 0.25) is 0 Å². The van der Waals surface area contributed by atoms with Gasteiger partial charge in [0.05, 0.1) is 0 Å². The number of piperidine rings is 1. The van der Waals surface area contributed by atoms with Gasteiger partial charge < -0.3 is 10.2 Å². The van der Waals surface area contributed by atoms with Crippen molar-refractivity contribution in [3.8, 4) is 0 Å². The molecule has 138 valence electrons. The number of rotatable bonds is 4. The summed E-state index contributed by atoms with van der Waals surface area (Å²) in [5.74, 6) is -1.17. The molecule has 1 amide bonds. The molecule has 0 spiro atoms. The van der Waals surface area contributed by atoms with Crippen LogP contribution in [0.25, 0.3) is 0 Å². The summed E-state index contributed by atoms with van der Waals surface area (Å²) >= 11 is 0. The lowest BCUT2D eigenvalue weighted by Gasteiger charge is -2.35. The molecule has 1 N–H and O–H groups in total. The SMILES string of the molecule is CCC1CCCCN1C(=O)c1cc(Nc2ccc(F)c(F)c2)nc(C)n1. The monoisotopic (exact) mass is 360 g/mol. The Morgan fingerprint density at radius 1 is 1.23 bits per heavy atom. The number of hydrogen-bond donors (Lipinski definition) is 1. The van der Waals surface area contributed by atoms with Gasteiger partial charge in [-0.15, -0.1) is 0 Å². The summed E-state index contributed by atoms with van der Waals surface area (Å²) in [4.78, 5) is 23.3. The number of hydrogen-bond acceptors (Lipinski definition) is 4. The second kappa shape index (κ2) is 7.76. The minimum Gasteiger partial charge on any atom is -0.340 e. The van der Waals surface area contributed by atoms with Crippen molar-refractivity contribution in [3.05, 3.63) is 47.4 Å². The van der Waals surface area contributed by atoms with Crippen LogP contribution in [0.3, 0.4) is 0 Å². The topological polar surface area (TPSA) is 58.1 Å². The van der Waals surface area contributed by atoms with E-state index in [4.69, 9.17) is 0 Å². The molecule has 1 aromatic heterocycles. The lowest BCUT2D eigenvalue weighted by atomic mass is 9.99. The number of anilines is 2. The predicted octanol–water partition coefficient (Wildman–Crippen LogP) is 4.21. The Kier molecular flexibility index (Phi) is 5.44. The van der Waals surface area contributed by atoms with E-state index in [2.05, 4.69) is 22.2 Å². The molecule has 1 saturated heterocycles. The van der Waals surface area contributed by atoms with Gasteiger partial charge in [-0.2, -0.15) is 0 Å². The van der Waals surface area contributed by atoms with Crippen molar-refractivity contribution < 1.29 is 13.6 Å². The summed E-state index contributed by atoms with van der Waals surface area (Å²) in [6, 6.07) is 5.28. The summed E-state index contributed by atoms with van der Waals surface area (Å²) in [7, 11) is 0. The normalized spacial score (nSPS) is 17.2. The van der Waals surface area contributed by atoms with Crippen LogP contribution < -0.4 is 5.32 Å². The predicted molar refractivity (Wildman–Crippen MR) is 95.4 cm³/mol. The molecular formula is C19H22F2N4O. The van der Waals surface area contributed by atoms with Gasteiger partial charge in [0, 0.05) is 30.4 Å². The largest absolute Gasteiger partial charge is 0.340 e. The number of nitrogens with zero attached hydrogens (tertiary/aromatic N) is 3. The summed E-state index contributed by atoms with van der Waals surface area (Å²) in [5.41, 5.74) is 0.660. The van der Waals surface area contributed by atoms with Crippen LogP contribution in [0.5, 0.6) is 0 Å². The summed E-state index contributed by atoms with van der Waals surface area (Å²) in [6.07, 6.45) is 4.04. The van der Waals surface area contributed by atoms with Crippen LogP contribution in [0.4, 0.5) is 20.3 Å². The van der Waals surface area contributed by atoms with E-state index < -0.39 is 11.6 Å². The van der Waals surface area contributed by atoms with Crippen molar-refractivity contribution in [2.45, 2.75) is 45.6 Å². The highest BCUT2D eigenvalue weighted by Gasteiger charge is 2.27. The Balaban J connectivity index is 1.84. The Hall–Kier alpha value is -2.57. The standard InChI is InChI=1S/C19H22F2N4O/c1-3-14-6-4-5-9-25(14)19(26)17-11-18(23-12(2)22-17)24-13-7-8-15(20)16(21)10-13/h7-8,10-11,14H,3-6,9H2,1-2H3,(H,22,23,24). The van der Waals surface area contributed by atoms with E-state index in [0.717, 1.165) is 44.4 Å². The fourth-order valence-electron chi connectivity index (χ4n) is 3.30. The number of carbonyl (C=O) groups excluding carboxylic acids is 1. The smallest absolute Gasteiger partial charge is 0.272 e. The number of halogens is 2. The fraction of sp³-hybridized carbons (Fsp3) is 0.421. The number of nitrogens with one attached hydrogen (secondary N) is 1. The summed E-state index contributed by atoms with van der Waals surface area (Å²) < 4.78 is 26.5. The molecule has 0 bridgehead atoms. The molecular weight excluding hydrogens is 338 g/mol. The molecule has 1 unspecified atom stereocenters. The first-order valence-electron chi connectivity index (χ1n) is 8.86. The molecule has 1 fully saturated rings. The molecule has 2 heterocycles. The maximum absolute atomic E-state index is 13.4. The van der Waals surface area contributed by atoms with Crippen LogP contribution in [0, 0.1) is 18.6 Å². The van der Waals surface area contributed by atoms with Crippen molar-refractivity contribution in [1.29, 1.82) is 0 Å². The molecule has 26 heavy (non-hydrogen) atoms. The van der Waals surface area contributed by atoms with Gasteiger partial charge in [-0.3, -0.25) is 4.79 Å². The Labute approximate surface area is 151 Å². The van der Waals surface area contributed by atoms with Gasteiger partial charge in [-0.05, 0) is 44.7 Å². The van der Waals surface area contributed by atoms with Crippen LogP contribution in [-0.2, 0) is 0 Å². The molecule has 1 aliphatic rings. The second-order valence-corrected chi connectivity index (χ2v) is 6.50. The maximum atomic E-state index is 13.4. The number of benzene rings is 1. The zero-order valence-electron chi connectivity index (χ0n) is 14.9. The van der Waals surface area contributed by atoms with Gasteiger partial charge >= 0.3 is 0 Å². The highest BCUT2D eigenvalue weighted by atomic mass is 19.2. The Bertz CT molecular complexity index is 812. The first kappa shape index (κ1) is 18.2.